The van der Waals surface area contributed by atoms with E-state index >= 15 is 0 Å². The van der Waals surface area contributed by atoms with Crippen LogP contribution < -0.4 is 0 Å². The van der Waals surface area contributed by atoms with Crippen molar-refractivity contribution in [3.63, 3.8) is 0 Å². The van der Waals surface area contributed by atoms with Gasteiger partial charge < -0.3 is 10.2 Å². The summed E-state index contributed by atoms with van der Waals surface area (Å²) in [4.78, 5) is 10.4. The van der Waals surface area contributed by atoms with Gasteiger partial charge in [0.25, 0.3) is 0 Å². The van der Waals surface area contributed by atoms with Gasteiger partial charge in [0.15, 0.2) is 11.6 Å². The van der Waals surface area contributed by atoms with Crippen LogP contribution in [0.5, 0.6) is 5.75 Å². The SMILES string of the molecule is O=C(O)c1cc(Br)c(F)c(F)c1O. The van der Waals surface area contributed by atoms with Gasteiger partial charge in [-0.3, -0.25) is 0 Å². The molecule has 6 heteroatoms. The van der Waals surface area contributed by atoms with E-state index in [2.05, 4.69) is 15.9 Å². The number of hydrogen-bond acceptors (Lipinski definition) is 2. The molecule has 0 bridgehead atoms. The number of aromatic hydroxyl groups is 1. The lowest BCUT2D eigenvalue weighted by Crippen LogP contribution is -2.00. The van der Waals surface area contributed by atoms with Crippen LogP contribution in [-0.2, 0) is 0 Å². The average molecular weight is 253 g/mol. The highest BCUT2D eigenvalue weighted by Crippen LogP contribution is 2.29. The zero-order valence-electron chi connectivity index (χ0n) is 6.01. The number of hydrogen-bond donors (Lipinski definition) is 2. The molecule has 0 amide bonds. The van der Waals surface area contributed by atoms with Gasteiger partial charge in [-0.1, -0.05) is 0 Å². The van der Waals surface area contributed by atoms with E-state index in [9.17, 15) is 13.6 Å². The molecule has 1 rings (SSSR count). The first kappa shape index (κ1) is 9.91. The molecule has 0 radical (unpaired) electrons. The van der Waals surface area contributed by atoms with Crippen LogP contribution in [-0.4, -0.2) is 16.2 Å². The number of aromatic carboxylic acids is 1. The number of carbonyl (C=O) groups is 1. The van der Waals surface area contributed by atoms with Crippen LogP contribution in [0.25, 0.3) is 0 Å². The largest absolute Gasteiger partial charge is 0.504 e. The van der Waals surface area contributed by atoms with Crippen LogP contribution in [0, 0.1) is 11.6 Å². The Morgan fingerprint density at radius 1 is 1.38 bits per heavy atom. The molecule has 0 spiro atoms. The molecule has 1 aromatic carbocycles. The molecule has 0 aromatic heterocycles. The molecule has 70 valence electrons. The fraction of sp³-hybridized carbons (Fsp3) is 0. The molecule has 0 aliphatic carbocycles. The fourth-order valence-corrected chi connectivity index (χ4v) is 1.15. The van der Waals surface area contributed by atoms with Gasteiger partial charge in [0.05, 0.1) is 4.47 Å². The Hall–Kier alpha value is -1.17. The molecular weight excluding hydrogens is 250 g/mol. The molecule has 0 heterocycles. The highest BCUT2D eigenvalue weighted by molar-refractivity contribution is 9.10. The summed E-state index contributed by atoms with van der Waals surface area (Å²) in [5.41, 5.74) is -0.689. The third-order valence-corrected chi connectivity index (χ3v) is 1.94. The summed E-state index contributed by atoms with van der Waals surface area (Å²) in [5.74, 6) is -5.63. The summed E-state index contributed by atoms with van der Waals surface area (Å²) in [6, 6.07) is 0.788. The van der Waals surface area contributed by atoms with E-state index in [1.54, 1.807) is 0 Å². The van der Waals surface area contributed by atoms with E-state index in [1.165, 1.54) is 0 Å². The molecule has 0 aliphatic heterocycles. The number of phenols is 1. The van der Waals surface area contributed by atoms with Crippen molar-refractivity contribution in [2.75, 3.05) is 0 Å². The van der Waals surface area contributed by atoms with E-state index < -0.39 is 28.9 Å². The lowest BCUT2D eigenvalue weighted by molar-refractivity contribution is 0.0692. The summed E-state index contributed by atoms with van der Waals surface area (Å²) < 4.78 is 25.0. The van der Waals surface area contributed by atoms with Crippen molar-refractivity contribution in [1.29, 1.82) is 0 Å². The van der Waals surface area contributed by atoms with Crippen molar-refractivity contribution in [2.45, 2.75) is 0 Å². The highest BCUT2D eigenvalue weighted by Gasteiger charge is 2.20. The quantitative estimate of drug-likeness (QED) is 0.753. The van der Waals surface area contributed by atoms with Gasteiger partial charge in [-0.05, 0) is 22.0 Å². The standard InChI is InChI=1S/C7H3BrF2O3/c8-3-1-2(7(12)13)6(11)5(10)4(3)9/h1,11H,(H,12,13). The van der Waals surface area contributed by atoms with Crippen molar-refractivity contribution in [3.8, 4) is 5.75 Å². The van der Waals surface area contributed by atoms with Gasteiger partial charge >= 0.3 is 5.97 Å². The van der Waals surface area contributed by atoms with Gasteiger partial charge in [-0.15, -0.1) is 0 Å². The Bertz CT molecular complexity index is 378. The number of rotatable bonds is 1. The van der Waals surface area contributed by atoms with Crippen molar-refractivity contribution < 1.29 is 23.8 Å². The zero-order chi connectivity index (χ0) is 10.2. The molecule has 2 N–H and O–H groups in total. The van der Waals surface area contributed by atoms with Gasteiger partial charge in [0.2, 0.25) is 5.82 Å². The molecule has 0 aliphatic rings. The number of carboxylic acid groups (broad SMARTS) is 1. The first-order valence-electron chi connectivity index (χ1n) is 3.05. The Morgan fingerprint density at radius 2 is 1.92 bits per heavy atom. The minimum absolute atomic E-state index is 0.347. The van der Waals surface area contributed by atoms with E-state index in [0.29, 0.717) is 0 Å². The lowest BCUT2D eigenvalue weighted by atomic mass is 10.2. The minimum Gasteiger partial charge on any atom is -0.504 e. The van der Waals surface area contributed by atoms with Crippen LogP contribution in [0.15, 0.2) is 10.5 Å². The van der Waals surface area contributed by atoms with Crippen LogP contribution in [0.3, 0.4) is 0 Å². The second-order valence-corrected chi connectivity index (χ2v) is 3.04. The van der Waals surface area contributed by atoms with E-state index in [1.807, 2.05) is 0 Å². The number of carboxylic acids is 1. The van der Waals surface area contributed by atoms with Crippen LogP contribution in [0.2, 0.25) is 0 Å². The second kappa shape index (κ2) is 3.29. The second-order valence-electron chi connectivity index (χ2n) is 2.19. The van der Waals surface area contributed by atoms with Crippen LogP contribution in [0.4, 0.5) is 8.78 Å². The lowest BCUT2D eigenvalue weighted by Gasteiger charge is -2.03. The summed E-state index contributed by atoms with van der Waals surface area (Å²) in [6.07, 6.45) is 0. The molecule has 0 saturated heterocycles. The average Bonchev–Trinajstić information content (AvgIpc) is 2.07. The maximum atomic E-state index is 12.7. The molecule has 13 heavy (non-hydrogen) atoms. The van der Waals surface area contributed by atoms with Crippen molar-refractivity contribution in [3.05, 3.63) is 27.7 Å². The predicted molar refractivity (Wildman–Crippen MR) is 42.7 cm³/mol. The first-order chi connectivity index (χ1) is 5.95. The van der Waals surface area contributed by atoms with Gasteiger partial charge in [-0.2, -0.15) is 4.39 Å². The first-order valence-corrected chi connectivity index (χ1v) is 3.84. The number of benzene rings is 1. The molecule has 0 fully saturated rings. The van der Waals surface area contributed by atoms with Gasteiger partial charge in [-0.25, -0.2) is 9.18 Å². The minimum atomic E-state index is -1.58. The summed E-state index contributed by atoms with van der Waals surface area (Å²) in [7, 11) is 0. The normalized spacial score (nSPS) is 10.1. The summed E-state index contributed by atoms with van der Waals surface area (Å²) in [5, 5.41) is 17.3. The van der Waals surface area contributed by atoms with Crippen molar-refractivity contribution in [2.24, 2.45) is 0 Å². The van der Waals surface area contributed by atoms with E-state index in [-0.39, 0.29) is 4.47 Å². The number of halogens is 3. The Morgan fingerprint density at radius 3 is 2.38 bits per heavy atom. The monoisotopic (exact) mass is 252 g/mol. The molecule has 3 nitrogen and oxygen atoms in total. The van der Waals surface area contributed by atoms with Gasteiger partial charge in [0.1, 0.15) is 5.56 Å². The maximum absolute atomic E-state index is 12.7. The fourth-order valence-electron chi connectivity index (χ4n) is 0.748. The Balaban J connectivity index is 3.50. The molecule has 1 aromatic rings. The molecule has 0 unspecified atom stereocenters. The third-order valence-electron chi connectivity index (χ3n) is 1.37. The third kappa shape index (κ3) is 1.62. The summed E-state index contributed by atoms with van der Waals surface area (Å²) in [6.45, 7) is 0. The maximum Gasteiger partial charge on any atom is 0.339 e. The van der Waals surface area contributed by atoms with Crippen LogP contribution >= 0.6 is 15.9 Å². The molecule has 0 saturated carbocycles. The predicted octanol–water partition coefficient (Wildman–Crippen LogP) is 2.13. The van der Waals surface area contributed by atoms with Gasteiger partial charge in [0, 0.05) is 0 Å². The van der Waals surface area contributed by atoms with Crippen molar-refractivity contribution >= 4 is 21.9 Å². The molecular formula is C7H3BrF2O3. The van der Waals surface area contributed by atoms with E-state index in [0.717, 1.165) is 6.07 Å². The smallest absolute Gasteiger partial charge is 0.339 e. The highest BCUT2D eigenvalue weighted by atomic mass is 79.9. The topological polar surface area (TPSA) is 57.5 Å². The van der Waals surface area contributed by atoms with Crippen LogP contribution in [0.1, 0.15) is 10.4 Å². The molecule has 0 atom stereocenters. The Labute approximate surface area is 79.7 Å². The Kier molecular flexibility index (Phi) is 2.51. The van der Waals surface area contributed by atoms with Crippen molar-refractivity contribution in [1.82, 2.24) is 0 Å². The van der Waals surface area contributed by atoms with E-state index in [4.69, 9.17) is 10.2 Å². The zero-order valence-corrected chi connectivity index (χ0v) is 7.60. The summed E-state index contributed by atoms with van der Waals surface area (Å²) >= 11 is 2.61.